The number of hydrogen-bond acceptors (Lipinski definition) is 5. The lowest BCUT2D eigenvalue weighted by molar-refractivity contribution is 0.104. The second-order valence-electron chi connectivity index (χ2n) is 7.56. The zero-order valence-electron chi connectivity index (χ0n) is 17.8. The first-order valence-electron chi connectivity index (χ1n) is 10.3. The van der Waals surface area contributed by atoms with Crippen LogP contribution in [0.4, 0.5) is 22.7 Å². The Balaban J connectivity index is 1.38. The highest BCUT2D eigenvalue weighted by atomic mass is 16.5. The Morgan fingerprint density at radius 1 is 0.500 bits per heavy atom. The number of ether oxygens (including phenoxy) is 2. The summed E-state index contributed by atoms with van der Waals surface area (Å²) in [7, 11) is 3.29. The van der Waals surface area contributed by atoms with Crippen LogP contribution in [0, 0.1) is 0 Å². The van der Waals surface area contributed by atoms with Gasteiger partial charge in [-0.1, -0.05) is 12.1 Å². The van der Waals surface area contributed by atoms with Gasteiger partial charge in [0, 0.05) is 33.9 Å². The quantitative estimate of drug-likeness (QED) is 0.331. The highest BCUT2D eigenvalue weighted by Gasteiger charge is 2.27. The second-order valence-corrected chi connectivity index (χ2v) is 7.56. The third-order valence-corrected chi connectivity index (χ3v) is 5.58. The van der Waals surface area contributed by atoms with Gasteiger partial charge in [-0.3, -0.25) is 4.79 Å². The number of ketones is 1. The zero-order valence-corrected chi connectivity index (χ0v) is 17.8. The van der Waals surface area contributed by atoms with E-state index in [1.54, 1.807) is 14.2 Å². The zero-order chi connectivity index (χ0) is 22.1. The van der Waals surface area contributed by atoms with Crippen molar-refractivity contribution in [1.82, 2.24) is 0 Å². The number of methoxy groups -OCH3 is 2. The maximum absolute atomic E-state index is 13.2. The fraction of sp³-hybridized carbons (Fsp3) is 0.0741. The highest BCUT2D eigenvalue weighted by Crippen LogP contribution is 2.40. The predicted octanol–water partition coefficient (Wildman–Crippen LogP) is 6.40. The first-order chi connectivity index (χ1) is 15.6. The van der Waals surface area contributed by atoms with Crippen LogP contribution < -0.4 is 20.1 Å². The maximum atomic E-state index is 13.2. The molecule has 0 radical (unpaired) electrons. The third-order valence-electron chi connectivity index (χ3n) is 5.58. The molecule has 0 unspecified atom stereocenters. The van der Waals surface area contributed by atoms with Crippen LogP contribution in [0.2, 0.25) is 0 Å². The van der Waals surface area contributed by atoms with Crippen molar-refractivity contribution in [2.75, 3.05) is 24.9 Å². The number of rotatable bonds is 6. The van der Waals surface area contributed by atoms with E-state index in [-0.39, 0.29) is 5.78 Å². The summed E-state index contributed by atoms with van der Waals surface area (Å²) in [6.45, 7) is 0. The summed E-state index contributed by atoms with van der Waals surface area (Å²) in [5.41, 5.74) is 6.93. The Labute approximate surface area is 186 Å². The fourth-order valence-corrected chi connectivity index (χ4v) is 3.92. The van der Waals surface area contributed by atoms with Crippen molar-refractivity contribution in [3.05, 3.63) is 96.1 Å². The van der Waals surface area contributed by atoms with Gasteiger partial charge in [-0.05, 0) is 83.9 Å². The largest absolute Gasteiger partial charge is 0.497 e. The van der Waals surface area contributed by atoms with Gasteiger partial charge in [-0.15, -0.1) is 0 Å². The summed E-state index contributed by atoms with van der Waals surface area (Å²) in [5, 5.41) is 6.71. The number of hydrogen-bond donors (Lipinski definition) is 2. The summed E-state index contributed by atoms with van der Waals surface area (Å²) in [4.78, 5) is 13.2. The van der Waals surface area contributed by atoms with Crippen molar-refractivity contribution >= 4 is 28.5 Å². The summed E-state index contributed by atoms with van der Waals surface area (Å²) in [5.74, 6) is 1.63. The molecule has 5 rings (SSSR count). The van der Waals surface area contributed by atoms with E-state index in [0.29, 0.717) is 11.1 Å². The first kappa shape index (κ1) is 19.7. The standard InChI is InChI=1S/C27H22N2O3/c1-31-21-9-3-17(4-10-21)28-19-7-13-23-24-14-8-20(16-26(24)27(30)25(23)15-19)29-18-5-11-22(32-2)12-6-18/h3-16,28-29H,1-2H3. The molecule has 0 atom stereocenters. The summed E-state index contributed by atoms with van der Waals surface area (Å²) >= 11 is 0. The lowest BCUT2D eigenvalue weighted by atomic mass is 10.0. The Morgan fingerprint density at radius 3 is 1.25 bits per heavy atom. The molecule has 4 aromatic carbocycles. The second kappa shape index (κ2) is 8.12. The molecule has 0 saturated carbocycles. The number of carbonyl (C=O) groups excluding carboxylic acids is 1. The van der Waals surface area contributed by atoms with E-state index in [2.05, 4.69) is 10.6 Å². The molecule has 0 aliphatic heterocycles. The van der Waals surface area contributed by atoms with Crippen molar-refractivity contribution in [1.29, 1.82) is 0 Å². The van der Waals surface area contributed by atoms with Gasteiger partial charge in [0.1, 0.15) is 11.5 Å². The van der Waals surface area contributed by atoms with Crippen LogP contribution in [0.1, 0.15) is 15.9 Å². The van der Waals surface area contributed by atoms with E-state index in [1.807, 2.05) is 84.9 Å². The molecule has 2 N–H and O–H groups in total. The van der Waals surface area contributed by atoms with E-state index in [0.717, 1.165) is 45.4 Å². The summed E-state index contributed by atoms with van der Waals surface area (Å²) in [6.07, 6.45) is 0. The van der Waals surface area contributed by atoms with Gasteiger partial charge >= 0.3 is 0 Å². The summed E-state index contributed by atoms with van der Waals surface area (Å²) in [6, 6.07) is 27.2. The average Bonchev–Trinajstić information content (AvgIpc) is 3.11. The van der Waals surface area contributed by atoms with Crippen LogP contribution >= 0.6 is 0 Å². The molecule has 4 aromatic rings. The minimum Gasteiger partial charge on any atom is -0.497 e. The molecule has 0 saturated heterocycles. The van der Waals surface area contributed by atoms with Gasteiger partial charge < -0.3 is 20.1 Å². The minimum atomic E-state index is 0.0340. The molecular formula is C27H22N2O3. The molecule has 0 spiro atoms. The van der Waals surface area contributed by atoms with E-state index in [9.17, 15) is 4.79 Å². The van der Waals surface area contributed by atoms with Crippen LogP contribution in [-0.2, 0) is 0 Å². The average molecular weight is 422 g/mol. The Morgan fingerprint density at radius 2 is 0.875 bits per heavy atom. The molecule has 0 aromatic heterocycles. The van der Waals surface area contributed by atoms with E-state index < -0.39 is 0 Å². The lowest BCUT2D eigenvalue weighted by Crippen LogP contribution is -1.98. The minimum absolute atomic E-state index is 0.0340. The fourth-order valence-electron chi connectivity index (χ4n) is 3.92. The van der Waals surface area contributed by atoms with E-state index >= 15 is 0 Å². The van der Waals surface area contributed by atoms with Crippen LogP contribution in [0.3, 0.4) is 0 Å². The predicted molar refractivity (Wildman–Crippen MR) is 128 cm³/mol. The van der Waals surface area contributed by atoms with Crippen LogP contribution in [0.25, 0.3) is 11.1 Å². The molecule has 0 heterocycles. The van der Waals surface area contributed by atoms with Crippen molar-refractivity contribution in [2.45, 2.75) is 0 Å². The van der Waals surface area contributed by atoms with Crippen LogP contribution in [0.5, 0.6) is 11.5 Å². The Hall–Kier alpha value is -4.25. The number of fused-ring (bicyclic) bond motifs is 3. The van der Waals surface area contributed by atoms with Gasteiger partial charge in [0.25, 0.3) is 0 Å². The van der Waals surface area contributed by atoms with Gasteiger partial charge in [-0.25, -0.2) is 0 Å². The lowest BCUT2D eigenvalue weighted by Gasteiger charge is -2.09. The van der Waals surface area contributed by atoms with Crippen LogP contribution in [0.15, 0.2) is 84.9 Å². The Bertz CT molecular complexity index is 1190. The van der Waals surface area contributed by atoms with Gasteiger partial charge in [-0.2, -0.15) is 0 Å². The van der Waals surface area contributed by atoms with Gasteiger partial charge in [0.15, 0.2) is 5.78 Å². The molecule has 0 bridgehead atoms. The normalized spacial score (nSPS) is 11.5. The molecule has 1 aliphatic carbocycles. The molecule has 1 aliphatic rings. The smallest absolute Gasteiger partial charge is 0.194 e. The third kappa shape index (κ3) is 3.65. The molecule has 0 amide bonds. The molecule has 5 nitrogen and oxygen atoms in total. The highest BCUT2D eigenvalue weighted by molar-refractivity contribution is 6.22. The van der Waals surface area contributed by atoms with E-state index in [4.69, 9.17) is 9.47 Å². The molecule has 0 fully saturated rings. The topological polar surface area (TPSA) is 59.6 Å². The molecule has 32 heavy (non-hydrogen) atoms. The molecule has 158 valence electrons. The number of anilines is 4. The van der Waals surface area contributed by atoms with Crippen molar-refractivity contribution < 1.29 is 14.3 Å². The van der Waals surface area contributed by atoms with E-state index in [1.165, 1.54) is 0 Å². The molecular weight excluding hydrogens is 400 g/mol. The van der Waals surface area contributed by atoms with Gasteiger partial charge in [0.05, 0.1) is 14.2 Å². The Kier molecular flexibility index (Phi) is 5.00. The summed E-state index contributed by atoms with van der Waals surface area (Å²) < 4.78 is 10.4. The van der Waals surface area contributed by atoms with Crippen LogP contribution in [-0.4, -0.2) is 20.0 Å². The number of nitrogens with one attached hydrogen (secondary N) is 2. The SMILES string of the molecule is COc1ccc(Nc2ccc3c(c2)C(=O)c2cc(Nc4ccc(OC)cc4)ccc2-3)cc1. The first-order valence-corrected chi connectivity index (χ1v) is 10.3. The number of carbonyl (C=O) groups is 1. The van der Waals surface area contributed by atoms with Gasteiger partial charge in [0.2, 0.25) is 0 Å². The van der Waals surface area contributed by atoms with Crippen molar-refractivity contribution in [2.24, 2.45) is 0 Å². The van der Waals surface area contributed by atoms with Crippen molar-refractivity contribution in [3.63, 3.8) is 0 Å². The van der Waals surface area contributed by atoms with Crippen molar-refractivity contribution in [3.8, 4) is 22.6 Å². The molecule has 5 heteroatoms. The monoisotopic (exact) mass is 422 g/mol. The number of benzene rings is 4. The maximum Gasteiger partial charge on any atom is 0.194 e.